The van der Waals surface area contributed by atoms with Gasteiger partial charge in [0.1, 0.15) is 5.75 Å². The molecule has 1 heterocycles. The minimum Gasteiger partial charge on any atom is -0.484 e. The van der Waals surface area contributed by atoms with Gasteiger partial charge < -0.3 is 15.0 Å². The van der Waals surface area contributed by atoms with E-state index in [0.29, 0.717) is 0 Å². The summed E-state index contributed by atoms with van der Waals surface area (Å²) in [5.41, 5.74) is 1.23. The lowest BCUT2D eigenvalue weighted by molar-refractivity contribution is -0.133. The zero-order chi connectivity index (χ0) is 14.9. The lowest BCUT2D eigenvalue weighted by atomic mass is 10.2. The molecule has 0 atom stereocenters. The second-order valence-electron chi connectivity index (χ2n) is 5.51. The number of carbonyl (C=O) groups excluding carboxylic acids is 1. The summed E-state index contributed by atoms with van der Waals surface area (Å²) in [6.07, 6.45) is 4.70. The molecule has 1 aromatic carbocycles. The monoisotopic (exact) mass is 290 g/mol. The number of carbonyl (C=O) groups is 1. The van der Waals surface area contributed by atoms with E-state index in [9.17, 15) is 4.79 Å². The van der Waals surface area contributed by atoms with E-state index in [0.717, 1.165) is 44.8 Å². The van der Waals surface area contributed by atoms with Crippen LogP contribution in [0.2, 0.25) is 0 Å². The second-order valence-corrected chi connectivity index (χ2v) is 5.51. The molecule has 116 valence electrons. The maximum Gasteiger partial charge on any atom is 0.260 e. The van der Waals surface area contributed by atoms with Gasteiger partial charge in [0.05, 0.1) is 0 Å². The number of likely N-dealkylation sites (tertiary alicyclic amines) is 1. The van der Waals surface area contributed by atoms with Crippen LogP contribution in [0.1, 0.15) is 38.2 Å². The molecule has 4 heteroatoms. The Balaban J connectivity index is 1.77. The molecule has 1 aliphatic rings. The minimum absolute atomic E-state index is 0.105. The molecule has 0 bridgehead atoms. The Morgan fingerprint density at radius 1 is 1.14 bits per heavy atom. The summed E-state index contributed by atoms with van der Waals surface area (Å²) < 4.78 is 5.61. The number of amides is 1. The number of benzene rings is 1. The molecule has 4 nitrogen and oxygen atoms in total. The van der Waals surface area contributed by atoms with Gasteiger partial charge in [0.15, 0.2) is 6.61 Å². The van der Waals surface area contributed by atoms with E-state index in [2.05, 4.69) is 12.2 Å². The van der Waals surface area contributed by atoms with Gasteiger partial charge in [-0.3, -0.25) is 4.79 Å². The number of hydrogen-bond acceptors (Lipinski definition) is 3. The van der Waals surface area contributed by atoms with Crippen LogP contribution in [0, 0.1) is 0 Å². The fourth-order valence-corrected chi connectivity index (χ4v) is 2.53. The van der Waals surface area contributed by atoms with Crippen molar-refractivity contribution >= 4 is 5.91 Å². The average Bonchev–Trinajstić information content (AvgIpc) is 2.81. The molecule has 1 aliphatic heterocycles. The van der Waals surface area contributed by atoms with Crippen LogP contribution in [0.25, 0.3) is 0 Å². The minimum atomic E-state index is 0.105. The van der Waals surface area contributed by atoms with Crippen molar-refractivity contribution in [1.82, 2.24) is 10.2 Å². The highest BCUT2D eigenvalue weighted by Crippen LogP contribution is 2.13. The van der Waals surface area contributed by atoms with Gasteiger partial charge in [0.25, 0.3) is 5.91 Å². The largest absolute Gasteiger partial charge is 0.484 e. The Morgan fingerprint density at radius 2 is 1.81 bits per heavy atom. The van der Waals surface area contributed by atoms with E-state index in [-0.39, 0.29) is 12.5 Å². The van der Waals surface area contributed by atoms with Gasteiger partial charge in [-0.15, -0.1) is 0 Å². The molecule has 1 aromatic rings. The maximum absolute atomic E-state index is 12.1. The summed E-state index contributed by atoms with van der Waals surface area (Å²) in [6.45, 7) is 5.82. The van der Waals surface area contributed by atoms with Gasteiger partial charge in [-0.1, -0.05) is 31.9 Å². The lowest BCUT2D eigenvalue weighted by Gasteiger charge is -2.20. The summed E-state index contributed by atoms with van der Waals surface area (Å²) in [4.78, 5) is 14.1. The van der Waals surface area contributed by atoms with Crippen molar-refractivity contribution in [2.45, 2.75) is 39.2 Å². The Labute approximate surface area is 127 Å². The molecule has 0 aliphatic carbocycles. The van der Waals surface area contributed by atoms with Gasteiger partial charge in [-0.05, 0) is 37.1 Å². The van der Waals surface area contributed by atoms with E-state index in [1.54, 1.807) is 0 Å². The molecule has 1 amide bonds. The number of ether oxygens (including phenoxy) is 1. The van der Waals surface area contributed by atoms with Crippen LogP contribution in [0.4, 0.5) is 0 Å². The third-order valence-electron chi connectivity index (χ3n) is 3.82. The smallest absolute Gasteiger partial charge is 0.260 e. The van der Waals surface area contributed by atoms with Crippen molar-refractivity contribution in [3.63, 3.8) is 0 Å². The highest BCUT2D eigenvalue weighted by molar-refractivity contribution is 5.77. The Bertz CT molecular complexity index is 423. The van der Waals surface area contributed by atoms with Crippen LogP contribution in [0.5, 0.6) is 5.75 Å². The van der Waals surface area contributed by atoms with Crippen molar-refractivity contribution in [2.75, 3.05) is 26.2 Å². The lowest BCUT2D eigenvalue weighted by Crippen LogP contribution is -2.35. The third kappa shape index (κ3) is 5.38. The van der Waals surface area contributed by atoms with Crippen molar-refractivity contribution in [1.29, 1.82) is 0 Å². The predicted octanol–water partition coefficient (Wildman–Crippen LogP) is 2.58. The van der Waals surface area contributed by atoms with Gasteiger partial charge in [0, 0.05) is 19.6 Å². The molecule has 1 N–H and O–H groups in total. The summed E-state index contributed by atoms with van der Waals surface area (Å²) in [7, 11) is 0. The molecule has 1 saturated heterocycles. The molecule has 0 unspecified atom stereocenters. The highest BCUT2D eigenvalue weighted by atomic mass is 16.5. The fraction of sp³-hybridized carbons (Fsp3) is 0.588. The van der Waals surface area contributed by atoms with E-state index < -0.39 is 0 Å². The molecule has 0 radical (unpaired) electrons. The number of rotatable bonds is 6. The van der Waals surface area contributed by atoms with Crippen molar-refractivity contribution in [3.8, 4) is 5.75 Å². The van der Waals surface area contributed by atoms with Gasteiger partial charge in [0.2, 0.25) is 0 Å². The predicted molar refractivity (Wildman–Crippen MR) is 84.4 cm³/mol. The standard InChI is InChI=1S/C17H26N2O2/c1-2-18-13-15-7-9-16(10-8-15)21-14-17(20)19-11-5-3-4-6-12-19/h7-10,18H,2-6,11-14H2,1H3. The van der Waals surface area contributed by atoms with E-state index >= 15 is 0 Å². The first-order valence-corrected chi connectivity index (χ1v) is 8.00. The molecule has 1 fully saturated rings. The Kier molecular flexibility index (Phi) is 6.54. The summed E-state index contributed by atoms with van der Waals surface area (Å²) in [5, 5.41) is 3.28. The molecule has 2 rings (SSSR count). The first-order chi connectivity index (χ1) is 10.3. The molecule has 21 heavy (non-hydrogen) atoms. The number of hydrogen-bond donors (Lipinski definition) is 1. The molecular weight excluding hydrogens is 264 g/mol. The van der Waals surface area contributed by atoms with Crippen LogP contribution in [-0.4, -0.2) is 37.0 Å². The number of nitrogens with one attached hydrogen (secondary N) is 1. The van der Waals surface area contributed by atoms with E-state index in [1.807, 2.05) is 29.2 Å². The normalized spacial score (nSPS) is 15.6. The zero-order valence-corrected chi connectivity index (χ0v) is 12.9. The van der Waals surface area contributed by atoms with Gasteiger partial charge >= 0.3 is 0 Å². The molecule has 0 aromatic heterocycles. The van der Waals surface area contributed by atoms with E-state index in [1.165, 1.54) is 18.4 Å². The summed E-state index contributed by atoms with van der Waals surface area (Å²) in [6, 6.07) is 7.94. The molecule has 0 spiro atoms. The second kappa shape index (κ2) is 8.67. The molecule has 0 saturated carbocycles. The average molecular weight is 290 g/mol. The SMILES string of the molecule is CCNCc1ccc(OCC(=O)N2CCCCCC2)cc1. The zero-order valence-electron chi connectivity index (χ0n) is 12.9. The quantitative estimate of drug-likeness (QED) is 0.875. The maximum atomic E-state index is 12.1. The van der Waals surface area contributed by atoms with Crippen molar-refractivity contribution in [2.24, 2.45) is 0 Å². The van der Waals surface area contributed by atoms with Crippen molar-refractivity contribution < 1.29 is 9.53 Å². The van der Waals surface area contributed by atoms with Crippen LogP contribution in [0.15, 0.2) is 24.3 Å². The van der Waals surface area contributed by atoms with Crippen LogP contribution < -0.4 is 10.1 Å². The third-order valence-corrected chi connectivity index (χ3v) is 3.82. The summed E-state index contributed by atoms with van der Waals surface area (Å²) in [5.74, 6) is 0.868. The van der Waals surface area contributed by atoms with E-state index in [4.69, 9.17) is 4.74 Å². The van der Waals surface area contributed by atoms with Gasteiger partial charge in [-0.25, -0.2) is 0 Å². The van der Waals surface area contributed by atoms with Crippen LogP contribution >= 0.6 is 0 Å². The summed E-state index contributed by atoms with van der Waals surface area (Å²) >= 11 is 0. The highest BCUT2D eigenvalue weighted by Gasteiger charge is 2.15. The van der Waals surface area contributed by atoms with Crippen molar-refractivity contribution in [3.05, 3.63) is 29.8 Å². The Hall–Kier alpha value is -1.55. The fourth-order valence-electron chi connectivity index (χ4n) is 2.53. The first-order valence-electron chi connectivity index (χ1n) is 8.00. The Morgan fingerprint density at radius 3 is 2.43 bits per heavy atom. The first kappa shape index (κ1) is 15.8. The van der Waals surface area contributed by atoms with Gasteiger partial charge in [-0.2, -0.15) is 0 Å². The van der Waals surface area contributed by atoms with Crippen LogP contribution in [-0.2, 0) is 11.3 Å². The van der Waals surface area contributed by atoms with Crippen LogP contribution in [0.3, 0.4) is 0 Å². The topological polar surface area (TPSA) is 41.6 Å². The molecular formula is C17H26N2O2. The number of nitrogens with zero attached hydrogens (tertiary/aromatic N) is 1.